The molecule has 2 rings (SSSR count). The van der Waals surface area contributed by atoms with Crippen molar-refractivity contribution in [3.63, 3.8) is 0 Å². The van der Waals surface area contributed by atoms with Gasteiger partial charge in [0.2, 0.25) is 0 Å². The van der Waals surface area contributed by atoms with E-state index in [1.807, 2.05) is 23.1 Å². The minimum Gasteiger partial charge on any atom is -0.496 e. The molecule has 1 atom stereocenters. The fourth-order valence-corrected chi connectivity index (χ4v) is 2.87. The van der Waals surface area contributed by atoms with Crippen molar-refractivity contribution in [2.24, 2.45) is 0 Å². The van der Waals surface area contributed by atoms with Gasteiger partial charge in [-0.15, -0.1) is 0 Å². The van der Waals surface area contributed by atoms with Gasteiger partial charge in [-0.05, 0) is 31.5 Å². The summed E-state index contributed by atoms with van der Waals surface area (Å²) in [5.41, 5.74) is 1.03. The number of carboxylic acid groups (broad SMARTS) is 1. The van der Waals surface area contributed by atoms with Crippen LogP contribution in [0.3, 0.4) is 0 Å². The van der Waals surface area contributed by atoms with Gasteiger partial charge in [0.15, 0.2) is 0 Å². The summed E-state index contributed by atoms with van der Waals surface area (Å²) in [6.07, 6.45) is 2.78. The van der Waals surface area contributed by atoms with Crippen LogP contribution in [0.15, 0.2) is 22.7 Å². The standard InChI is InChI=1S/C14H18BrNO3/c1-19-13-8-11(15)6-5-10(13)9-16-7-3-2-4-12(16)14(17)18/h5-6,8,12H,2-4,7,9H2,1H3,(H,17,18). The van der Waals surface area contributed by atoms with Crippen molar-refractivity contribution in [2.45, 2.75) is 31.8 Å². The minimum atomic E-state index is -0.726. The van der Waals surface area contributed by atoms with E-state index in [4.69, 9.17) is 4.74 Å². The maximum absolute atomic E-state index is 11.3. The zero-order chi connectivity index (χ0) is 13.8. The minimum absolute atomic E-state index is 0.373. The molecule has 0 aliphatic carbocycles. The fourth-order valence-electron chi connectivity index (χ4n) is 2.53. The zero-order valence-corrected chi connectivity index (χ0v) is 12.5. The number of rotatable bonds is 4. The molecule has 1 fully saturated rings. The van der Waals surface area contributed by atoms with E-state index in [1.165, 1.54) is 0 Å². The third kappa shape index (κ3) is 3.48. The smallest absolute Gasteiger partial charge is 0.320 e. The Bertz CT molecular complexity index is 464. The number of likely N-dealkylation sites (tertiary alicyclic amines) is 1. The normalized spacial score (nSPS) is 20.2. The molecule has 0 saturated carbocycles. The van der Waals surface area contributed by atoms with Crippen molar-refractivity contribution in [3.8, 4) is 5.75 Å². The highest BCUT2D eigenvalue weighted by molar-refractivity contribution is 9.10. The van der Waals surface area contributed by atoms with Crippen molar-refractivity contribution in [3.05, 3.63) is 28.2 Å². The topological polar surface area (TPSA) is 49.8 Å². The zero-order valence-electron chi connectivity index (χ0n) is 10.9. The third-order valence-corrected chi connectivity index (χ3v) is 4.01. The number of piperidine rings is 1. The van der Waals surface area contributed by atoms with E-state index in [9.17, 15) is 9.90 Å². The maximum Gasteiger partial charge on any atom is 0.320 e. The number of ether oxygens (including phenoxy) is 1. The maximum atomic E-state index is 11.3. The van der Waals surface area contributed by atoms with Gasteiger partial charge < -0.3 is 9.84 Å². The van der Waals surface area contributed by atoms with Crippen LogP contribution >= 0.6 is 15.9 Å². The van der Waals surface area contributed by atoms with Crippen LogP contribution < -0.4 is 4.74 Å². The van der Waals surface area contributed by atoms with Crippen molar-refractivity contribution in [2.75, 3.05) is 13.7 Å². The lowest BCUT2D eigenvalue weighted by atomic mass is 10.0. The lowest BCUT2D eigenvalue weighted by Gasteiger charge is -2.33. The van der Waals surface area contributed by atoms with Gasteiger partial charge in [0.05, 0.1) is 7.11 Å². The average molecular weight is 328 g/mol. The molecule has 4 nitrogen and oxygen atoms in total. The molecule has 1 aliphatic heterocycles. The van der Waals surface area contributed by atoms with E-state index in [1.54, 1.807) is 7.11 Å². The Morgan fingerprint density at radius 1 is 1.53 bits per heavy atom. The Balaban J connectivity index is 2.17. The number of hydrogen-bond donors (Lipinski definition) is 1. The van der Waals surface area contributed by atoms with Gasteiger partial charge >= 0.3 is 5.97 Å². The molecule has 0 aromatic heterocycles. The first-order valence-corrected chi connectivity index (χ1v) is 7.20. The molecule has 1 aromatic rings. The Kier molecular flexibility index (Phi) is 4.82. The van der Waals surface area contributed by atoms with E-state index in [0.717, 1.165) is 41.6 Å². The van der Waals surface area contributed by atoms with Crippen LogP contribution in [-0.2, 0) is 11.3 Å². The van der Waals surface area contributed by atoms with E-state index in [2.05, 4.69) is 15.9 Å². The summed E-state index contributed by atoms with van der Waals surface area (Å²) in [6, 6.07) is 5.48. The number of methoxy groups -OCH3 is 1. The molecule has 0 spiro atoms. The van der Waals surface area contributed by atoms with Crippen LogP contribution in [0.25, 0.3) is 0 Å². The molecule has 5 heteroatoms. The molecule has 0 bridgehead atoms. The fraction of sp³-hybridized carbons (Fsp3) is 0.500. The SMILES string of the molecule is COc1cc(Br)ccc1CN1CCCCC1C(=O)O. The summed E-state index contributed by atoms with van der Waals surface area (Å²) < 4.78 is 6.32. The first-order valence-electron chi connectivity index (χ1n) is 6.41. The van der Waals surface area contributed by atoms with E-state index >= 15 is 0 Å². The van der Waals surface area contributed by atoms with Gasteiger partial charge in [-0.1, -0.05) is 28.4 Å². The second-order valence-corrected chi connectivity index (χ2v) is 5.69. The number of nitrogens with zero attached hydrogens (tertiary/aromatic N) is 1. The van der Waals surface area contributed by atoms with E-state index in [0.29, 0.717) is 6.54 Å². The van der Waals surface area contributed by atoms with Gasteiger partial charge in [-0.2, -0.15) is 0 Å². The number of carbonyl (C=O) groups is 1. The highest BCUT2D eigenvalue weighted by atomic mass is 79.9. The third-order valence-electron chi connectivity index (χ3n) is 3.52. The monoisotopic (exact) mass is 327 g/mol. The molecule has 1 saturated heterocycles. The first-order chi connectivity index (χ1) is 9.11. The van der Waals surface area contributed by atoms with Crippen LogP contribution in [0, 0.1) is 0 Å². The summed E-state index contributed by atoms with van der Waals surface area (Å²) in [5.74, 6) is 0.0693. The van der Waals surface area contributed by atoms with Crippen LogP contribution in [0.5, 0.6) is 5.75 Å². The second-order valence-electron chi connectivity index (χ2n) is 4.78. The molecule has 1 unspecified atom stereocenters. The molecule has 1 heterocycles. The summed E-state index contributed by atoms with van der Waals surface area (Å²) in [7, 11) is 1.64. The van der Waals surface area contributed by atoms with E-state index < -0.39 is 5.97 Å². The number of carboxylic acids is 1. The Morgan fingerprint density at radius 3 is 3.00 bits per heavy atom. The summed E-state index contributed by atoms with van der Waals surface area (Å²) in [5, 5.41) is 9.28. The lowest BCUT2D eigenvalue weighted by Crippen LogP contribution is -2.44. The van der Waals surface area contributed by atoms with E-state index in [-0.39, 0.29) is 6.04 Å². The van der Waals surface area contributed by atoms with Gasteiger partial charge in [0.1, 0.15) is 11.8 Å². The highest BCUT2D eigenvalue weighted by Crippen LogP contribution is 2.27. The van der Waals surface area contributed by atoms with Crippen LogP contribution in [0.1, 0.15) is 24.8 Å². The van der Waals surface area contributed by atoms with Crippen LogP contribution in [0.2, 0.25) is 0 Å². The molecule has 104 valence electrons. The van der Waals surface area contributed by atoms with Gasteiger partial charge in [-0.25, -0.2) is 0 Å². The quantitative estimate of drug-likeness (QED) is 0.923. The first kappa shape index (κ1) is 14.3. The van der Waals surface area contributed by atoms with Crippen molar-refractivity contribution in [1.29, 1.82) is 0 Å². The van der Waals surface area contributed by atoms with Crippen molar-refractivity contribution < 1.29 is 14.6 Å². The molecule has 1 aliphatic rings. The highest BCUT2D eigenvalue weighted by Gasteiger charge is 2.28. The molecule has 1 N–H and O–H groups in total. The Morgan fingerprint density at radius 2 is 2.32 bits per heavy atom. The van der Waals surface area contributed by atoms with Crippen LogP contribution in [-0.4, -0.2) is 35.7 Å². The summed E-state index contributed by atoms with van der Waals surface area (Å²) in [6.45, 7) is 1.45. The van der Waals surface area contributed by atoms with Crippen molar-refractivity contribution in [1.82, 2.24) is 4.90 Å². The second kappa shape index (κ2) is 6.39. The summed E-state index contributed by atoms with van der Waals surface area (Å²) in [4.78, 5) is 13.3. The number of benzene rings is 1. The number of hydrogen-bond acceptors (Lipinski definition) is 3. The lowest BCUT2D eigenvalue weighted by molar-refractivity contribution is -0.144. The largest absolute Gasteiger partial charge is 0.496 e. The predicted octanol–water partition coefficient (Wildman–Crippen LogP) is 2.90. The predicted molar refractivity (Wildman–Crippen MR) is 76.4 cm³/mol. The van der Waals surface area contributed by atoms with Crippen LogP contribution in [0.4, 0.5) is 0 Å². The van der Waals surface area contributed by atoms with Gasteiger partial charge in [0.25, 0.3) is 0 Å². The van der Waals surface area contributed by atoms with Gasteiger partial charge in [-0.3, -0.25) is 9.69 Å². The summed E-state index contributed by atoms with van der Waals surface area (Å²) >= 11 is 3.41. The Labute approximate surface area is 121 Å². The average Bonchev–Trinajstić information content (AvgIpc) is 2.41. The molecular formula is C14H18BrNO3. The number of halogens is 1. The molecule has 19 heavy (non-hydrogen) atoms. The molecule has 0 radical (unpaired) electrons. The number of aliphatic carboxylic acids is 1. The molecular weight excluding hydrogens is 310 g/mol. The molecule has 0 amide bonds. The van der Waals surface area contributed by atoms with Gasteiger partial charge in [0, 0.05) is 16.6 Å². The molecule has 1 aromatic carbocycles. The Hall–Kier alpha value is -1.07. The van der Waals surface area contributed by atoms with Crippen molar-refractivity contribution >= 4 is 21.9 Å².